The van der Waals surface area contributed by atoms with Gasteiger partial charge in [-0.05, 0) is 37.2 Å². The van der Waals surface area contributed by atoms with Gasteiger partial charge in [0.1, 0.15) is 5.76 Å². The highest BCUT2D eigenvalue weighted by Crippen LogP contribution is 2.24. The van der Waals surface area contributed by atoms with Crippen LogP contribution in [0.2, 0.25) is 5.15 Å². The van der Waals surface area contributed by atoms with Crippen molar-refractivity contribution in [1.82, 2.24) is 10.1 Å². The minimum absolute atomic E-state index is 0.120. The molecule has 6 heteroatoms. The molecule has 0 radical (unpaired) electrons. The monoisotopic (exact) mass is 376 g/mol. The number of hydrogen-bond donors (Lipinski definition) is 1. The van der Waals surface area contributed by atoms with Crippen molar-refractivity contribution < 1.29 is 14.4 Å². The summed E-state index contributed by atoms with van der Waals surface area (Å²) in [6, 6.07) is 11.9. The number of amides is 1. The quantitative estimate of drug-likeness (QED) is 0.803. The second-order valence-corrected chi connectivity index (χ2v) is 7.31. The Balaban J connectivity index is 1.38. The van der Waals surface area contributed by atoms with E-state index in [4.69, 9.17) is 16.1 Å². The highest BCUT2D eigenvalue weighted by Gasteiger charge is 2.27. The molecule has 2 heterocycles. The first-order valence-corrected chi connectivity index (χ1v) is 9.60. The summed E-state index contributed by atoms with van der Waals surface area (Å²) in [6.45, 7) is 1.42. The molecule has 1 saturated heterocycles. The smallest absolute Gasteiger partial charge is 0.223 e. The third-order valence-corrected chi connectivity index (χ3v) is 5.30. The molecule has 26 heavy (non-hydrogen) atoms. The van der Waals surface area contributed by atoms with Crippen LogP contribution in [0, 0.1) is 5.92 Å². The molecule has 1 aliphatic heterocycles. The van der Waals surface area contributed by atoms with Crippen LogP contribution in [0.4, 0.5) is 0 Å². The van der Waals surface area contributed by atoms with Crippen LogP contribution in [0.1, 0.15) is 37.0 Å². The summed E-state index contributed by atoms with van der Waals surface area (Å²) in [4.78, 5) is 14.2. The lowest BCUT2D eigenvalue weighted by molar-refractivity contribution is -0.133. The molecule has 2 aromatic rings. The first-order valence-electron chi connectivity index (χ1n) is 9.22. The number of likely N-dealkylation sites (tertiary alicyclic amines) is 1. The van der Waals surface area contributed by atoms with E-state index in [2.05, 4.69) is 17.3 Å². The highest BCUT2D eigenvalue weighted by atomic mass is 35.5. The molecule has 1 aromatic carbocycles. The van der Waals surface area contributed by atoms with Gasteiger partial charge < -0.3 is 14.5 Å². The van der Waals surface area contributed by atoms with E-state index in [0.717, 1.165) is 25.7 Å². The summed E-state index contributed by atoms with van der Waals surface area (Å²) in [5.41, 5.74) is 1.26. The number of aryl methyl sites for hydroxylation is 2. The number of aromatic nitrogens is 1. The zero-order valence-corrected chi connectivity index (χ0v) is 15.6. The zero-order valence-electron chi connectivity index (χ0n) is 14.8. The molecule has 0 aliphatic carbocycles. The number of benzene rings is 1. The fourth-order valence-corrected chi connectivity index (χ4v) is 3.68. The standard InChI is InChI=1S/C20H25ClN2O3/c21-19-14-17(26-22-19)7-9-20(25)23-12-10-16(11-13-23)18(24)8-6-15-4-2-1-3-5-15/h1-5,14,16,18,24H,6-13H2/t18-/m0/s1. The van der Waals surface area contributed by atoms with Gasteiger partial charge in [-0.1, -0.05) is 47.1 Å². The Labute approximate surface area is 158 Å². The maximum Gasteiger partial charge on any atom is 0.223 e. The molecule has 140 valence electrons. The maximum atomic E-state index is 12.3. The summed E-state index contributed by atoms with van der Waals surface area (Å²) in [6.07, 6.45) is 3.98. The third kappa shape index (κ3) is 5.32. The van der Waals surface area contributed by atoms with E-state index in [1.54, 1.807) is 6.07 Å². The average Bonchev–Trinajstić information content (AvgIpc) is 3.10. The average molecular weight is 377 g/mol. The number of piperidine rings is 1. The number of carbonyl (C=O) groups is 1. The second kappa shape index (κ2) is 9.19. The summed E-state index contributed by atoms with van der Waals surface area (Å²) in [5.74, 6) is 1.03. The van der Waals surface area contributed by atoms with Crippen LogP contribution in [-0.4, -0.2) is 40.3 Å². The van der Waals surface area contributed by atoms with E-state index in [0.29, 0.717) is 36.8 Å². The zero-order chi connectivity index (χ0) is 18.4. The number of aliphatic hydroxyl groups excluding tert-OH is 1. The van der Waals surface area contributed by atoms with Gasteiger partial charge in [-0.2, -0.15) is 0 Å². The molecule has 1 aliphatic rings. The van der Waals surface area contributed by atoms with Gasteiger partial charge in [-0.3, -0.25) is 4.79 Å². The number of aliphatic hydroxyl groups is 1. The normalized spacial score (nSPS) is 16.6. The van der Waals surface area contributed by atoms with Crippen molar-refractivity contribution in [3.05, 3.63) is 52.9 Å². The van der Waals surface area contributed by atoms with Crippen molar-refractivity contribution >= 4 is 17.5 Å². The molecule has 1 fully saturated rings. The Morgan fingerprint density at radius 2 is 2.00 bits per heavy atom. The van der Waals surface area contributed by atoms with E-state index < -0.39 is 0 Å². The third-order valence-electron chi connectivity index (χ3n) is 5.12. The number of rotatable bonds is 7. The molecule has 0 saturated carbocycles. The maximum absolute atomic E-state index is 12.3. The minimum atomic E-state index is -0.302. The number of nitrogens with zero attached hydrogens (tertiary/aromatic N) is 2. The fraction of sp³-hybridized carbons (Fsp3) is 0.500. The summed E-state index contributed by atoms with van der Waals surface area (Å²) in [7, 11) is 0. The fourth-order valence-electron chi connectivity index (χ4n) is 3.52. The Hall–Kier alpha value is -1.85. The van der Waals surface area contributed by atoms with Crippen LogP contribution < -0.4 is 0 Å². The SMILES string of the molecule is O=C(CCc1cc(Cl)no1)N1CCC([C@@H](O)CCc2ccccc2)CC1. The molecule has 1 N–H and O–H groups in total. The molecule has 0 bridgehead atoms. The molecule has 1 amide bonds. The van der Waals surface area contributed by atoms with Gasteiger partial charge >= 0.3 is 0 Å². The lowest BCUT2D eigenvalue weighted by Gasteiger charge is -2.34. The summed E-state index contributed by atoms with van der Waals surface area (Å²) < 4.78 is 5.03. The largest absolute Gasteiger partial charge is 0.393 e. The van der Waals surface area contributed by atoms with Crippen molar-refractivity contribution in [2.75, 3.05) is 13.1 Å². The van der Waals surface area contributed by atoms with Crippen LogP contribution >= 0.6 is 11.6 Å². The Kier molecular flexibility index (Phi) is 6.69. The van der Waals surface area contributed by atoms with E-state index >= 15 is 0 Å². The predicted octanol–water partition coefficient (Wildman–Crippen LogP) is 3.49. The topological polar surface area (TPSA) is 66.6 Å². The van der Waals surface area contributed by atoms with Crippen LogP contribution in [0.3, 0.4) is 0 Å². The Morgan fingerprint density at radius 3 is 2.65 bits per heavy atom. The first-order chi connectivity index (χ1) is 12.6. The summed E-state index contributed by atoms with van der Waals surface area (Å²) in [5, 5.41) is 14.4. The second-order valence-electron chi connectivity index (χ2n) is 6.93. The van der Waals surface area contributed by atoms with Crippen LogP contribution in [0.5, 0.6) is 0 Å². The number of halogens is 1. The highest BCUT2D eigenvalue weighted by molar-refractivity contribution is 6.29. The van der Waals surface area contributed by atoms with Crippen molar-refractivity contribution in [3.63, 3.8) is 0 Å². The van der Waals surface area contributed by atoms with Crippen LogP contribution in [0.15, 0.2) is 40.9 Å². The number of hydrogen-bond acceptors (Lipinski definition) is 4. The van der Waals surface area contributed by atoms with E-state index in [-0.39, 0.29) is 17.9 Å². The lowest BCUT2D eigenvalue weighted by Crippen LogP contribution is -2.41. The lowest BCUT2D eigenvalue weighted by atomic mass is 9.88. The van der Waals surface area contributed by atoms with Crippen molar-refractivity contribution in [3.8, 4) is 0 Å². The molecular formula is C20H25ClN2O3. The van der Waals surface area contributed by atoms with Gasteiger partial charge in [0.25, 0.3) is 0 Å². The van der Waals surface area contributed by atoms with Crippen molar-refractivity contribution in [2.45, 2.75) is 44.6 Å². The van der Waals surface area contributed by atoms with Gasteiger partial charge in [0, 0.05) is 32.0 Å². The Bertz CT molecular complexity index is 696. The summed E-state index contributed by atoms with van der Waals surface area (Å²) >= 11 is 5.71. The van der Waals surface area contributed by atoms with Gasteiger partial charge in [0.15, 0.2) is 5.15 Å². The van der Waals surface area contributed by atoms with Gasteiger partial charge in [0.2, 0.25) is 5.91 Å². The molecule has 5 nitrogen and oxygen atoms in total. The molecule has 0 unspecified atom stereocenters. The van der Waals surface area contributed by atoms with E-state index in [9.17, 15) is 9.90 Å². The molecule has 3 rings (SSSR count). The van der Waals surface area contributed by atoms with Crippen LogP contribution in [0.25, 0.3) is 0 Å². The molecule has 1 atom stereocenters. The molecular weight excluding hydrogens is 352 g/mol. The van der Waals surface area contributed by atoms with E-state index in [1.807, 2.05) is 23.1 Å². The first kappa shape index (κ1) is 18.9. The van der Waals surface area contributed by atoms with Crippen LogP contribution in [-0.2, 0) is 17.6 Å². The Morgan fingerprint density at radius 1 is 1.27 bits per heavy atom. The van der Waals surface area contributed by atoms with Crippen molar-refractivity contribution in [2.24, 2.45) is 5.92 Å². The van der Waals surface area contributed by atoms with Gasteiger partial charge in [-0.15, -0.1) is 0 Å². The number of carbonyl (C=O) groups excluding carboxylic acids is 1. The van der Waals surface area contributed by atoms with Gasteiger partial charge in [-0.25, -0.2) is 0 Å². The van der Waals surface area contributed by atoms with Crippen molar-refractivity contribution in [1.29, 1.82) is 0 Å². The molecule has 0 spiro atoms. The predicted molar refractivity (Wildman–Crippen MR) is 99.9 cm³/mol. The van der Waals surface area contributed by atoms with Gasteiger partial charge in [0.05, 0.1) is 6.10 Å². The molecule has 1 aromatic heterocycles. The minimum Gasteiger partial charge on any atom is -0.393 e. The van der Waals surface area contributed by atoms with E-state index in [1.165, 1.54) is 5.56 Å².